The summed E-state index contributed by atoms with van der Waals surface area (Å²) in [5, 5.41) is 54.7. The van der Waals surface area contributed by atoms with Crippen LogP contribution in [0.4, 0.5) is 0 Å². The number of ether oxygens (including phenoxy) is 2. The van der Waals surface area contributed by atoms with Gasteiger partial charge in [0.2, 0.25) is 5.91 Å². The van der Waals surface area contributed by atoms with E-state index in [2.05, 4.69) is 116 Å². The van der Waals surface area contributed by atoms with Gasteiger partial charge in [-0.1, -0.05) is 290 Å². The van der Waals surface area contributed by atoms with E-state index in [0.717, 1.165) is 96.3 Å². The molecule has 1 aliphatic heterocycles. The maximum Gasteiger partial charge on any atom is 0.220 e. The lowest BCUT2D eigenvalue weighted by Gasteiger charge is -2.40. The third-order valence-electron chi connectivity index (χ3n) is 15.3. The Morgan fingerprint density at radius 3 is 1.19 bits per heavy atom. The molecule has 1 heterocycles. The molecule has 1 amide bonds. The summed E-state index contributed by atoms with van der Waals surface area (Å²) in [6.07, 6.45) is 81.8. The molecule has 1 saturated heterocycles. The summed E-state index contributed by atoms with van der Waals surface area (Å²) in [6.45, 7) is 3.66. The summed E-state index contributed by atoms with van der Waals surface area (Å²) in [5.41, 5.74) is 0. The van der Waals surface area contributed by atoms with E-state index in [1.54, 1.807) is 6.08 Å². The second-order valence-electron chi connectivity index (χ2n) is 22.9. The van der Waals surface area contributed by atoms with Gasteiger partial charge in [0.05, 0.1) is 25.4 Å². The largest absolute Gasteiger partial charge is 0.394 e. The van der Waals surface area contributed by atoms with E-state index >= 15 is 0 Å². The van der Waals surface area contributed by atoms with Gasteiger partial charge in [-0.15, -0.1) is 0 Å². The van der Waals surface area contributed by atoms with E-state index in [4.69, 9.17) is 9.47 Å². The van der Waals surface area contributed by atoms with Crippen molar-refractivity contribution >= 4 is 5.91 Å². The van der Waals surface area contributed by atoms with Crippen LogP contribution in [0.2, 0.25) is 0 Å². The number of rotatable bonds is 57. The lowest BCUT2D eigenvalue weighted by Crippen LogP contribution is -2.60. The Morgan fingerprint density at radius 2 is 0.778 bits per heavy atom. The highest BCUT2D eigenvalue weighted by molar-refractivity contribution is 5.76. The molecule has 0 aliphatic carbocycles. The van der Waals surface area contributed by atoms with Crippen LogP contribution in [-0.4, -0.2) is 87.5 Å². The Labute approximate surface area is 497 Å². The van der Waals surface area contributed by atoms with Crippen molar-refractivity contribution in [3.05, 3.63) is 109 Å². The smallest absolute Gasteiger partial charge is 0.220 e. The van der Waals surface area contributed by atoms with E-state index < -0.39 is 49.5 Å². The van der Waals surface area contributed by atoms with Gasteiger partial charge in [0.25, 0.3) is 0 Å². The highest BCUT2D eigenvalue weighted by atomic mass is 16.7. The molecule has 0 aromatic rings. The maximum atomic E-state index is 13.1. The van der Waals surface area contributed by atoms with Gasteiger partial charge in [-0.05, 0) is 96.3 Å². The van der Waals surface area contributed by atoms with Crippen molar-refractivity contribution < 1.29 is 39.8 Å². The summed E-state index contributed by atoms with van der Waals surface area (Å²) in [6, 6.07) is -0.843. The number of carbonyl (C=O) groups is 1. The van der Waals surface area contributed by atoms with Crippen LogP contribution in [0.15, 0.2) is 109 Å². The summed E-state index contributed by atoms with van der Waals surface area (Å²) in [4.78, 5) is 13.1. The zero-order valence-corrected chi connectivity index (χ0v) is 52.0. The van der Waals surface area contributed by atoms with Crippen LogP contribution in [0.1, 0.15) is 284 Å². The van der Waals surface area contributed by atoms with Gasteiger partial charge in [-0.3, -0.25) is 4.79 Å². The maximum absolute atomic E-state index is 13.1. The second kappa shape index (κ2) is 60.0. The molecule has 7 atom stereocenters. The van der Waals surface area contributed by atoms with Gasteiger partial charge >= 0.3 is 0 Å². The lowest BCUT2D eigenvalue weighted by atomic mass is 9.99. The Morgan fingerprint density at radius 1 is 0.432 bits per heavy atom. The number of allylic oxidation sites excluding steroid dienone is 17. The van der Waals surface area contributed by atoms with Crippen LogP contribution in [0.5, 0.6) is 0 Å². The average molecular weight is 1130 g/mol. The first-order valence-corrected chi connectivity index (χ1v) is 33.6. The minimum absolute atomic E-state index is 0.202. The Bertz CT molecular complexity index is 1640. The van der Waals surface area contributed by atoms with E-state index in [1.807, 2.05) is 6.08 Å². The molecule has 466 valence electrons. The third-order valence-corrected chi connectivity index (χ3v) is 15.3. The first-order chi connectivity index (χ1) is 39.8. The standard InChI is InChI=1S/C72H125NO8/c1-3-5-7-9-11-13-15-17-19-21-23-25-27-29-31-32-33-34-36-37-39-41-43-45-47-49-51-53-55-57-59-61-66(75)65(64-80-72-71(79)70(78)69(77)67(63-74)81-72)73-68(76)62-60-58-56-54-52-50-48-46-44-42-40-38-35-30-28-26-24-22-20-18-16-14-12-10-8-6-4-2/h6,8,12,14,18,20,24,26,30,35,40,42-43,45,51,53,59,61,65-67,69-72,74-75,77-79H,3-5,7,9-11,13,15-17,19,21-23,25,27-29,31-34,36-39,41,44,46-50,52,54-58,60,62-64H2,1-2H3,(H,73,76)/b8-6-,14-12-,20-18-,26-24-,35-30-,42-40-,45-43+,53-51+,61-59+. The van der Waals surface area contributed by atoms with Gasteiger partial charge < -0.3 is 40.3 Å². The molecule has 0 aromatic carbocycles. The van der Waals surface area contributed by atoms with Crippen LogP contribution in [0.3, 0.4) is 0 Å². The number of carbonyl (C=O) groups excluding carboxylic acids is 1. The number of amides is 1. The lowest BCUT2D eigenvalue weighted by molar-refractivity contribution is -0.302. The first kappa shape index (κ1) is 75.9. The fourth-order valence-electron chi connectivity index (χ4n) is 10.1. The third kappa shape index (κ3) is 48.9. The van der Waals surface area contributed by atoms with Crippen molar-refractivity contribution in [2.45, 2.75) is 326 Å². The molecule has 1 rings (SSSR count). The topological polar surface area (TPSA) is 149 Å². The number of hydrogen-bond acceptors (Lipinski definition) is 8. The van der Waals surface area contributed by atoms with Crippen molar-refractivity contribution in [3.63, 3.8) is 0 Å². The highest BCUT2D eigenvalue weighted by Crippen LogP contribution is 2.23. The molecule has 1 aliphatic rings. The van der Waals surface area contributed by atoms with Crippen LogP contribution >= 0.6 is 0 Å². The molecular weight excluding hydrogens is 1010 g/mol. The first-order valence-electron chi connectivity index (χ1n) is 33.6. The van der Waals surface area contributed by atoms with Crippen molar-refractivity contribution in [1.29, 1.82) is 0 Å². The van der Waals surface area contributed by atoms with Crippen molar-refractivity contribution in [3.8, 4) is 0 Å². The molecule has 7 unspecified atom stereocenters. The molecule has 1 fully saturated rings. The van der Waals surface area contributed by atoms with Crippen LogP contribution < -0.4 is 5.32 Å². The predicted molar refractivity (Wildman–Crippen MR) is 345 cm³/mol. The molecule has 81 heavy (non-hydrogen) atoms. The van der Waals surface area contributed by atoms with Crippen LogP contribution in [0, 0.1) is 0 Å². The summed E-state index contributed by atoms with van der Waals surface area (Å²) < 4.78 is 11.3. The SMILES string of the molecule is CC/C=C\C/C=C\C/C=C\C/C=C\C/C=C\C/C=C\CCCCCCCCCCC(=O)NC(COC1OC(CO)C(O)C(O)C1O)C(O)/C=C/CC/C=C/CC/C=C/CCCCCCCCCCCCCCCCCCCCCCC. The minimum Gasteiger partial charge on any atom is -0.394 e. The normalized spacial score (nSPS) is 19.1. The molecular formula is C72H125NO8. The molecule has 0 aromatic heterocycles. The molecule has 9 nitrogen and oxygen atoms in total. The summed E-state index contributed by atoms with van der Waals surface area (Å²) in [7, 11) is 0. The number of aliphatic hydroxyl groups is 5. The molecule has 6 N–H and O–H groups in total. The van der Waals surface area contributed by atoms with Crippen molar-refractivity contribution in [2.75, 3.05) is 13.2 Å². The van der Waals surface area contributed by atoms with Crippen molar-refractivity contribution in [1.82, 2.24) is 5.32 Å². The zero-order valence-electron chi connectivity index (χ0n) is 52.0. The van der Waals surface area contributed by atoms with Gasteiger partial charge in [-0.2, -0.15) is 0 Å². The van der Waals surface area contributed by atoms with Crippen molar-refractivity contribution in [2.24, 2.45) is 0 Å². The van der Waals surface area contributed by atoms with E-state index in [9.17, 15) is 30.3 Å². The monoisotopic (exact) mass is 1130 g/mol. The number of hydrogen-bond donors (Lipinski definition) is 6. The van der Waals surface area contributed by atoms with Crippen LogP contribution in [-0.2, 0) is 14.3 Å². The fourth-order valence-corrected chi connectivity index (χ4v) is 10.1. The average Bonchev–Trinajstić information content (AvgIpc) is 3.48. The van der Waals surface area contributed by atoms with Gasteiger partial charge in [0.15, 0.2) is 6.29 Å². The van der Waals surface area contributed by atoms with Gasteiger partial charge in [-0.25, -0.2) is 0 Å². The Hall–Kier alpha value is -3.15. The molecule has 9 heteroatoms. The van der Waals surface area contributed by atoms with E-state index in [0.29, 0.717) is 6.42 Å². The quantitative estimate of drug-likeness (QED) is 0.0261. The number of unbranched alkanes of at least 4 members (excludes halogenated alkanes) is 31. The Kier molecular flexibility index (Phi) is 56.2. The number of nitrogens with one attached hydrogen (secondary N) is 1. The van der Waals surface area contributed by atoms with E-state index in [1.165, 1.54) is 167 Å². The van der Waals surface area contributed by atoms with Crippen LogP contribution in [0.25, 0.3) is 0 Å². The molecule has 0 bridgehead atoms. The summed E-state index contributed by atoms with van der Waals surface area (Å²) in [5.74, 6) is -0.202. The van der Waals surface area contributed by atoms with Gasteiger partial charge in [0, 0.05) is 6.42 Å². The molecule has 0 saturated carbocycles. The van der Waals surface area contributed by atoms with E-state index in [-0.39, 0.29) is 12.5 Å². The second-order valence-corrected chi connectivity index (χ2v) is 22.9. The zero-order chi connectivity index (χ0) is 58.6. The fraction of sp³-hybridized carbons (Fsp3) is 0.736. The Balaban J connectivity index is 2.21. The highest BCUT2D eigenvalue weighted by Gasteiger charge is 2.44. The number of aliphatic hydroxyl groups excluding tert-OH is 5. The molecule has 0 radical (unpaired) electrons. The molecule has 0 spiro atoms. The minimum atomic E-state index is -1.58. The predicted octanol–water partition coefficient (Wildman–Crippen LogP) is 18.1. The summed E-state index contributed by atoms with van der Waals surface area (Å²) >= 11 is 0. The van der Waals surface area contributed by atoms with Gasteiger partial charge in [0.1, 0.15) is 24.4 Å².